The van der Waals surface area contributed by atoms with E-state index in [1.165, 1.54) is 84.3 Å². The third-order valence-corrected chi connectivity index (χ3v) is 5.22. The van der Waals surface area contributed by atoms with E-state index < -0.39 is 0 Å². The average Bonchev–Trinajstić information content (AvgIpc) is 2.71. The van der Waals surface area contributed by atoms with E-state index >= 15 is 0 Å². The average molecular weight is 281 g/mol. The van der Waals surface area contributed by atoms with Crippen molar-refractivity contribution in [1.29, 1.82) is 0 Å². The number of likely N-dealkylation sites (N-methyl/N-ethyl adjacent to an activating group) is 1. The minimum Gasteiger partial charge on any atom is -0.314 e. The van der Waals surface area contributed by atoms with E-state index in [9.17, 15) is 0 Å². The maximum atomic E-state index is 3.83. The molecule has 3 nitrogen and oxygen atoms in total. The normalized spacial score (nSPS) is 30.3. The topological polar surface area (TPSA) is 18.5 Å². The van der Waals surface area contributed by atoms with Gasteiger partial charge in [0.15, 0.2) is 0 Å². The monoisotopic (exact) mass is 281 g/mol. The summed E-state index contributed by atoms with van der Waals surface area (Å²) in [4.78, 5) is 5.30. The predicted octanol–water partition coefficient (Wildman–Crippen LogP) is 2.57. The van der Waals surface area contributed by atoms with Crippen molar-refractivity contribution in [2.24, 2.45) is 5.92 Å². The molecule has 2 rings (SSSR count). The van der Waals surface area contributed by atoms with Crippen molar-refractivity contribution in [2.45, 2.75) is 58.4 Å². The van der Waals surface area contributed by atoms with E-state index in [2.05, 4.69) is 29.0 Å². The highest BCUT2D eigenvalue weighted by molar-refractivity contribution is 4.83. The second-order valence-electron chi connectivity index (χ2n) is 6.69. The molecule has 0 radical (unpaired) electrons. The summed E-state index contributed by atoms with van der Waals surface area (Å²) in [5, 5.41) is 3.83. The molecule has 1 saturated heterocycles. The molecule has 0 spiro atoms. The van der Waals surface area contributed by atoms with Crippen LogP contribution in [0, 0.1) is 5.92 Å². The zero-order chi connectivity index (χ0) is 14.2. The van der Waals surface area contributed by atoms with Crippen LogP contribution in [-0.4, -0.2) is 61.7 Å². The zero-order valence-electron chi connectivity index (χ0n) is 13.7. The maximum Gasteiger partial charge on any atom is 0.0110 e. The van der Waals surface area contributed by atoms with Crippen LogP contribution in [0.25, 0.3) is 0 Å². The first-order chi connectivity index (χ1) is 9.83. The van der Waals surface area contributed by atoms with Crippen molar-refractivity contribution in [3.8, 4) is 0 Å². The number of rotatable bonds is 6. The minimum atomic E-state index is 0.779. The SMILES string of the molecule is CCCNC1CCCCCC1CN1CCN(CC)CC1. The molecule has 2 atom stereocenters. The van der Waals surface area contributed by atoms with Gasteiger partial charge in [0.1, 0.15) is 0 Å². The quantitative estimate of drug-likeness (QED) is 0.755. The summed E-state index contributed by atoms with van der Waals surface area (Å²) in [6.45, 7) is 13.4. The number of hydrogen-bond acceptors (Lipinski definition) is 3. The molecule has 0 aromatic heterocycles. The molecule has 1 heterocycles. The Morgan fingerprint density at radius 3 is 2.30 bits per heavy atom. The highest BCUT2D eigenvalue weighted by Crippen LogP contribution is 2.25. The predicted molar refractivity (Wildman–Crippen MR) is 87.2 cm³/mol. The Labute approximate surface area is 126 Å². The van der Waals surface area contributed by atoms with Gasteiger partial charge in [0.2, 0.25) is 0 Å². The Bertz CT molecular complexity index is 249. The van der Waals surface area contributed by atoms with Crippen LogP contribution in [0.3, 0.4) is 0 Å². The highest BCUT2D eigenvalue weighted by atomic mass is 15.3. The van der Waals surface area contributed by atoms with Crippen molar-refractivity contribution < 1.29 is 0 Å². The van der Waals surface area contributed by atoms with Crippen LogP contribution in [0.2, 0.25) is 0 Å². The molecule has 20 heavy (non-hydrogen) atoms. The van der Waals surface area contributed by atoms with Crippen LogP contribution in [0.15, 0.2) is 0 Å². The summed E-state index contributed by atoms with van der Waals surface area (Å²) in [5.41, 5.74) is 0. The second kappa shape index (κ2) is 9.01. The molecular weight excluding hydrogens is 246 g/mol. The Morgan fingerprint density at radius 1 is 0.900 bits per heavy atom. The molecule has 0 amide bonds. The van der Waals surface area contributed by atoms with Crippen molar-refractivity contribution in [3.05, 3.63) is 0 Å². The summed E-state index contributed by atoms with van der Waals surface area (Å²) in [5.74, 6) is 0.886. The third kappa shape index (κ3) is 5.01. The molecule has 118 valence electrons. The van der Waals surface area contributed by atoms with Gasteiger partial charge in [0.05, 0.1) is 0 Å². The lowest BCUT2D eigenvalue weighted by atomic mass is 9.93. The van der Waals surface area contributed by atoms with Gasteiger partial charge in [-0.25, -0.2) is 0 Å². The largest absolute Gasteiger partial charge is 0.314 e. The lowest BCUT2D eigenvalue weighted by Crippen LogP contribution is -2.50. The minimum absolute atomic E-state index is 0.779. The summed E-state index contributed by atoms with van der Waals surface area (Å²) < 4.78 is 0. The van der Waals surface area contributed by atoms with Crippen LogP contribution in [0.5, 0.6) is 0 Å². The molecule has 0 aromatic carbocycles. The Hall–Kier alpha value is -0.120. The smallest absolute Gasteiger partial charge is 0.0110 e. The fraction of sp³-hybridized carbons (Fsp3) is 1.00. The number of nitrogens with one attached hydrogen (secondary N) is 1. The Morgan fingerprint density at radius 2 is 1.60 bits per heavy atom. The van der Waals surface area contributed by atoms with E-state index in [1.54, 1.807) is 0 Å². The standard InChI is InChI=1S/C17H35N3/c1-3-10-18-17-9-7-5-6-8-16(17)15-20-13-11-19(4-2)12-14-20/h16-18H,3-15H2,1-2H3. The van der Waals surface area contributed by atoms with Gasteiger partial charge in [-0.1, -0.05) is 33.1 Å². The van der Waals surface area contributed by atoms with Crippen LogP contribution in [0.1, 0.15) is 52.4 Å². The van der Waals surface area contributed by atoms with E-state index in [0.29, 0.717) is 0 Å². The van der Waals surface area contributed by atoms with Gasteiger partial charge < -0.3 is 15.1 Å². The Balaban J connectivity index is 1.81. The first-order valence-electron chi connectivity index (χ1n) is 9.01. The van der Waals surface area contributed by atoms with E-state index in [-0.39, 0.29) is 0 Å². The molecule has 2 fully saturated rings. The third-order valence-electron chi connectivity index (χ3n) is 5.22. The van der Waals surface area contributed by atoms with Gasteiger partial charge in [0.25, 0.3) is 0 Å². The molecule has 1 N–H and O–H groups in total. The summed E-state index contributed by atoms with van der Waals surface area (Å²) in [6, 6.07) is 0.779. The van der Waals surface area contributed by atoms with E-state index in [1.807, 2.05) is 0 Å². The first kappa shape index (κ1) is 16.3. The van der Waals surface area contributed by atoms with Crippen LogP contribution < -0.4 is 5.32 Å². The van der Waals surface area contributed by atoms with E-state index in [0.717, 1.165) is 12.0 Å². The molecule has 2 aliphatic rings. The summed E-state index contributed by atoms with van der Waals surface area (Å²) in [6.07, 6.45) is 8.43. The lowest BCUT2D eigenvalue weighted by Gasteiger charge is -2.37. The van der Waals surface area contributed by atoms with Gasteiger partial charge in [0, 0.05) is 38.8 Å². The van der Waals surface area contributed by atoms with E-state index in [4.69, 9.17) is 0 Å². The lowest BCUT2D eigenvalue weighted by molar-refractivity contribution is 0.111. The van der Waals surface area contributed by atoms with Gasteiger partial charge in [-0.15, -0.1) is 0 Å². The second-order valence-corrected chi connectivity index (χ2v) is 6.69. The van der Waals surface area contributed by atoms with Crippen molar-refractivity contribution >= 4 is 0 Å². The first-order valence-corrected chi connectivity index (χ1v) is 9.01. The molecular formula is C17H35N3. The highest BCUT2D eigenvalue weighted by Gasteiger charge is 2.26. The van der Waals surface area contributed by atoms with Crippen LogP contribution in [-0.2, 0) is 0 Å². The maximum absolute atomic E-state index is 3.83. The number of hydrogen-bond donors (Lipinski definition) is 1. The van der Waals surface area contributed by atoms with Gasteiger partial charge in [-0.2, -0.15) is 0 Å². The fourth-order valence-corrected chi connectivity index (χ4v) is 3.82. The molecule has 1 saturated carbocycles. The fourth-order valence-electron chi connectivity index (χ4n) is 3.82. The number of piperazine rings is 1. The Kier molecular flexibility index (Phi) is 7.32. The summed E-state index contributed by atoms with van der Waals surface area (Å²) >= 11 is 0. The van der Waals surface area contributed by atoms with Crippen LogP contribution >= 0.6 is 0 Å². The van der Waals surface area contributed by atoms with Crippen molar-refractivity contribution in [3.63, 3.8) is 0 Å². The van der Waals surface area contributed by atoms with Crippen LogP contribution in [0.4, 0.5) is 0 Å². The molecule has 0 aromatic rings. The molecule has 1 aliphatic heterocycles. The van der Waals surface area contributed by atoms with Crippen molar-refractivity contribution in [1.82, 2.24) is 15.1 Å². The van der Waals surface area contributed by atoms with Gasteiger partial charge in [-0.05, 0) is 38.3 Å². The zero-order valence-corrected chi connectivity index (χ0v) is 13.7. The molecule has 3 heteroatoms. The molecule has 1 aliphatic carbocycles. The number of nitrogens with zero attached hydrogens (tertiary/aromatic N) is 2. The molecule has 0 bridgehead atoms. The van der Waals surface area contributed by atoms with Gasteiger partial charge >= 0.3 is 0 Å². The van der Waals surface area contributed by atoms with Gasteiger partial charge in [-0.3, -0.25) is 0 Å². The summed E-state index contributed by atoms with van der Waals surface area (Å²) in [7, 11) is 0. The van der Waals surface area contributed by atoms with Crippen molar-refractivity contribution in [2.75, 3.05) is 45.8 Å². The molecule has 2 unspecified atom stereocenters.